The second-order valence-electron chi connectivity index (χ2n) is 10.7. The summed E-state index contributed by atoms with van der Waals surface area (Å²) in [6.45, 7) is 8.20. The Kier molecular flexibility index (Phi) is 2.79. The van der Waals surface area contributed by atoms with E-state index >= 15 is 0 Å². The molecule has 8 nitrogen and oxygen atoms in total. The van der Waals surface area contributed by atoms with Crippen molar-refractivity contribution in [2.45, 2.75) is 76.3 Å². The van der Waals surface area contributed by atoms with Crippen molar-refractivity contribution < 1.29 is 38.7 Å². The van der Waals surface area contributed by atoms with E-state index in [1.54, 1.807) is 6.92 Å². The lowest BCUT2D eigenvalue weighted by molar-refractivity contribution is -0.239. The van der Waals surface area contributed by atoms with E-state index in [1.165, 1.54) is 0 Å². The first-order valence-electron chi connectivity index (χ1n) is 10.1. The molecule has 0 aromatic heterocycles. The van der Waals surface area contributed by atoms with E-state index in [0.717, 1.165) is 0 Å². The SMILES string of the molecule is C[C@@H]1COC2[C@H](O)C34C5C[C@@H](C(C)(C)C)C36CC(=O)OC6O[C@@]4(C(=O)O5)[C@]21O. The fourth-order valence-corrected chi connectivity index (χ4v) is 8.22. The lowest BCUT2D eigenvalue weighted by atomic mass is 9.52. The molecule has 6 aliphatic rings. The average Bonchev–Trinajstić information content (AvgIpc) is 3.30. The summed E-state index contributed by atoms with van der Waals surface area (Å²) >= 11 is 0. The van der Waals surface area contributed by atoms with Crippen molar-refractivity contribution >= 4 is 11.9 Å². The molecule has 5 unspecified atom stereocenters. The molecule has 4 heterocycles. The molecule has 0 amide bonds. The standard InChI is InChI=1S/C20H26O8/c1-8-7-25-13-12(22)18-10-5-9(16(2,3)4)17(18)6-11(21)27-15(17)28-20(18,14(23)26-10)19(8,13)24/h8-10,12-13,15,22,24H,5-7H2,1-4H3/t8-,9+,10?,12+,13?,15?,17?,18?,19-,20-/m1/s1. The van der Waals surface area contributed by atoms with Crippen LogP contribution in [0.25, 0.3) is 0 Å². The lowest BCUT2D eigenvalue weighted by Gasteiger charge is -2.46. The Labute approximate surface area is 162 Å². The van der Waals surface area contributed by atoms with Crippen LogP contribution in [0.1, 0.15) is 40.5 Å². The van der Waals surface area contributed by atoms with Crippen LogP contribution in [0.2, 0.25) is 0 Å². The molecule has 2 aliphatic carbocycles. The maximum Gasteiger partial charge on any atom is 0.342 e. The molecular weight excluding hydrogens is 368 g/mol. The van der Waals surface area contributed by atoms with Gasteiger partial charge in [0.25, 0.3) is 0 Å². The number of esters is 2. The topological polar surface area (TPSA) is 112 Å². The lowest BCUT2D eigenvalue weighted by Crippen LogP contribution is -2.65. The maximum atomic E-state index is 13.3. The highest BCUT2D eigenvalue weighted by Gasteiger charge is 3.01. The summed E-state index contributed by atoms with van der Waals surface area (Å²) in [6, 6.07) is 0. The van der Waals surface area contributed by atoms with Gasteiger partial charge in [0.2, 0.25) is 11.9 Å². The maximum absolute atomic E-state index is 13.3. The average molecular weight is 394 g/mol. The summed E-state index contributed by atoms with van der Waals surface area (Å²) in [7, 11) is 0. The highest BCUT2D eigenvalue weighted by molar-refractivity contribution is 5.90. The number of fused-ring (bicyclic) bond motifs is 1. The third kappa shape index (κ3) is 1.28. The van der Waals surface area contributed by atoms with Crippen LogP contribution in [0.5, 0.6) is 0 Å². The predicted octanol–water partition coefficient (Wildman–Crippen LogP) is 0.133. The smallest absolute Gasteiger partial charge is 0.342 e. The first-order valence-corrected chi connectivity index (χ1v) is 10.1. The third-order valence-corrected chi connectivity index (χ3v) is 8.92. The Morgan fingerprint density at radius 3 is 2.57 bits per heavy atom. The summed E-state index contributed by atoms with van der Waals surface area (Å²) in [4.78, 5) is 25.8. The summed E-state index contributed by atoms with van der Waals surface area (Å²) in [6.07, 6.45) is -3.31. The van der Waals surface area contributed by atoms with Gasteiger partial charge in [0, 0.05) is 5.92 Å². The molecule has 0 aromatic rings. The van der Waals surface area contributed by atoms with Gasteiger partial charge in [0.15, 0.2) is 0 Å². The summed E-state index contributed by atoms with van der Waals surface area (Å²) in [5.74, 6) is -1.63. The van der Waals surface area contributed by atoms with Crippen LogP contribution >= 0.6 is 0 Å². The van der Waals surface area contributed by atoms with E-state index in [1.807, 2.05) is 0 Å². The van der Waals surface area contributed by atoms with Gasteiger partial charge in [-0.05, 0) is 17.8 Å². The van der Waals surface area contributed by atoms with Crippen molar-refractivity contribution in [1.82, 2.24) is 0 Å². The molecule has 4 saturated heterocycles. The monoisotopic (exact) mass is 394 g/mol. The van der Waals surface area contributed by atoms with E-state index in [4.69, 9.17) is 18.9 Å². The highest BCUT2D eigenvalue weighted by Crippen LogP contribution is 2.84. The Balaban J connectivity index is 1.70. The molecule has 4 aliphatic heterocycles. The van der Waals surface area contributed by atoms with Crippen LogP contribution in [0, 0.1) is 28.1 Å². The zero-order valence-corrected chi connectivity index (χ0v) is 16.4. The Hall–Kier alpha value is -1.22. The molecular formula is C20H26O8. The zero-order chi connectivity index (χ0) is 20.1. The fourth-order valence-electron chi connectivity index (χ4n) is 8.22. The largest absolute Gasteiger partial charge is 0.459 e. The molecule has 0 bridgehead atoms. The molecule has 0 aromatic carbocycles. The van der Waals surface area contributed by atoms with Gasteiger partial charge in [-0.3, -0.25) is 4.79 Å². The second-order valence-corrected chi connectivity index (χ2v) is 10.7. The quantitative estimate of drug-likeness (QED) is 0.558. The second kappa shape index (κ2) is 4.43. The first kappa shape index (κ1) is 17.6. The molecule has 6 rings (SSSR count). The first-order chi connectivity index (χ1) is 13.0. The van der Waals surface area contributed by atoms with Gasteiger partial charge >= 0.3 is 11.9 Å². The van der Waals surface area contributed by atoms with E-state index in [-0.39, 0.29) is 24.4 Å². The minimum atomic E-state index is -1.80. The van der Waals surface area contributed by atoms with Crippen molar-refractivity contribution in [3.8, 4) is 0 Å². The minimum Gasteiger partial charge on any atom is -0.459 e. The Bertz CT molecular complexity index is 820. The van der Waals surface area contributed by atoms with Gasteiger partial charge in [-0.1, -0.05) is 27.7 Å². The predicted molar refractivity (Wildman–Crippen MR) is 90.5 cm³/mol. The molecule has 0 radical (unpaired) electrons. The van der Waals surface area contributed by atoms with Crippen LogP contribution in [0.4, 0.5) is 0 Å². The van der Waals surface area contributed by atoms with Crippen molar-refractivity contribution in [3.05, 3.63) is 0 Å². The number of ether oxygens (including phenoxy) is 4. The van der Waals surface area contributed by atoms with Gasteiger partial charge < -0.3 is 29.2 Å². The molecule has 10 atom stereocenters. The number of aliphatic hydroxyl groups excluding tert-OH is 1. The van der Waals surface area contributed by atoms with Gasteiger partial charge in [-0.25, -0.2) is 4.79 Å². The zero-order valence-electron chi connectivity index (χ0n) is 16.4. The molecule has 154 valence electrons. The number of hydrogen-bond donors (Lipinski definition) is 2. The third-order valence-electron chi connectivity index (χ3n) is 8.92. The van der Waals surface area contributed by atoms with E-state index < -0.39 is 64.5 Å². The number of hydrogen-bond acceptors (Lipinski definition) is 8. The van der Waals surface area contributed by atoms with E-state index in [9.17, 15) is 19.8 Å². The number of aliphatic hydroxyl groups is 2. The van der Waals surface area contributed by atoms with E-state index in [0.29, 0.717) is 6.42 Å². The summed E-state index contributed by atoms with van der Waals surface area (Å²) in [5.41, 5.74) is -6.03. The molecule has 28 heavy (non-hydrogen) atoms. The summed E-state index contributed by atoms with van der Waals surface area (Å²) in [5, 5.41) is 23.5. The van der Waals surface area contributed by atoms with Crippen LogP contribution in [-0.4, -0.2) is 64.6 Å². The van der Waals surface area contributed by atoms with Crippen molar-refractivity contribution in [2.75, 3.05) is 6.61 Å². The van der Waals surface area contributed by atoms with Gasteiger partial charge in [-0.2, -0.15) is 0 Å². The molecule has 6 fully saturated rings. The number of carbonyl (C=O) groups is 2. The molecule has 2 N–H and O–H groups in total. The van der Waals surface area contributed by atoms with Gasteiger partial charge in [0.1, 0.15) is 17.8 Å². The molecule has 2 saturated carbocycles. The van der Waals surface area contributed by atoms with Crippen LogP contribution in [0.3, 0.4) is 0 Å². The van der Waals surface area contributed by atoms with Gasteiger partial charge in [-0.15, -0.1) is 0 Å². The molecule has 8 heteroatoms. The van der Waals surface area contributed by atoms with Crippen LogP contribution in [0.15, 0.2) is 0 Å². The number of carbonyl (C=O) groups excluding carboxylic acids is 2. The Morgan fingerprint density at radius 2 is 1.89 bits per heavy atom. The van der Waals surface area contributed by atoms with Crippen LogP contribution < -0.4 is 0 Å². The fraction of sp³-hybridized carbons (Fsp3) is 0.900. The van der Waals surface area contributed by atoms with Crippen molar-refractivity contribution in [3.63, 3.8) is 0 Å². The van der Waals surface area contributed by atoms with Crippen molar-refractivity contribution in [2.24, 2.45) is 28.1 Å². The highest BCUT2D eigenvalue weighted by atomic mass is 16.7. The minimum absolute atomic E-state index is 0.0305. The number of rotatable bonds is 0. The molecule has 2 spiro atoms. The van der Waals surface area contributed by atoms with Crippen molar-refractivity contribution in [1.29, 1.82) is 0 Å². The summed E-state index contributed by atoms with van der Waals surface area (Å²) < 4.78 is 23.5. The normalized spacial score (nSPS) is 61.1. The van der Waals surface area contributed by atoms with Gasteiger partial charge in [0.05, 0.1) is 30.0 Å². The Morgan fingerprint density at radius 1 is 1.18 bits per heavy atom. The van der Waals surface area contributed by atoms with E-state index in [2.05, 4.69) is 20.8 Å². The van der Waals surface area contributed by atoms with Crippen LogP contribution in [-0.2, 0) is 28.5 Å².